The van der Waals surface area contributed by atoms with Gasteiger partial charge in [0.2, 0.25) is 0 Å². The average Bonchev–Trinajstić information content (AvgIpc) is 3.24. The molecule has 0 bridgehead atoms. The molecule has 2 N–H and O–H groups in total. The topological polar surface area (TPSA) is 62.2 Å². The summed E-state index contributed by atoms with van der Waals surface area (Å²) in [6.07, 6.45) is 5.48. The maximum absolute atomic E-state index is 12.3. The number of carbonyl (C=O) groups is 1. The van der Waals surface area contributed by atoms with E-state index in [9.17, 15) is 4.79 Å². The molecule has 1 aliphatic carbocycles. The molecule has 106 valence electrons. The number of pyridine rings is 1. The number of aliphatic hydroxyl groups excluding tert-OH is 1. The number of carbonyl (C=O) groups excluding carboxylic acids is 1. The molecule has 1 saturated carbocycles. The van der Waals surface area contributed by atoms with E-state index in [2.05, 4.69) is 36.0 Å². The molecule has 20 heavy (non-hydrogen) atoms. The first kappa shape index (κ1) is 14.5. The van der Waals surface area contributed by atoms with Crippen LogP contribution in [-0.4, -0.2) is 29.1 Å². The second-order valence-corrected chi connectivity index (χ2v) is 5.58. The summed E-state index contributed by atoms with van der Waals surface area (Å²) in [5.41, 5.74) is 1.34. The molecule has 2 rings (SSSR count). The molecule has 1 amide bonds. The molecule has 1 heterocycles. The van der Waals surface area contributed by atoms with Crippen LogP contribution in [0.4, 0.5) is 0 Å². The molecule has 1 aromatic heterocycles. The number of aromatic nitrogens is 1. The van der Waals surface area contributed by atoms with Gasteiger partial charge >= 0.3 is 0 Å². The maximum atomic E-state index is 12.3. The Bertz CT molecular complexity index is 551. The van der Waals surface area contributed by atoms with Crippen LogP contribution < -0.4 is 5.32 Å². The minimum absolute atomic E-state index is 0.124. The van der Waals surface area contributed by atoms with Crippen molar-refractivity contribution in [1.29, 1.82) is 0 Å². The Morgan fingerprint density at radius 1 is 1.55 bits per heavy atom. The molecule has 4 nitrogen and oxygen atoms in total. The third kappa shape index (κ3) is 3.17. The van der Waals surface area contributed by atoms with Crippen molar-refractivity contribution in [3.05, 3.63) is 29.6 Å². The van der Waals surface area contributed by atoms with Crippen molar-refractivity contribution in [2.75, 3.05) is 13.2 Å². The standard InChI is InChI=1S/C16H20N2O2/c1-12(2)16(6-7-16)11-18-15(20)14-5-8-17-10-13(14)4-3-9-19/h5,8,10,12,19H,6-7,9,11H2,1-2H3,(H,18,20). The SMILES string of the molecule is CC(C)C1(CNC(=O)c2ccncc2C#CCO)CC1. The van der Waals surface area contributed by atoms with Crippen LogP contribution >= 0.6 is 0 Å². The number of hydrogen-bond donors (Lipinski definition) is 2. The number of nitrogens with zero attached hydrogens (tertiary/aromatic N) is 1. The van der Waals surface area contributed by atoms with Gasteiger partial charge < -0.3 is 10.4 Å². The van der Waals surface area contributed by atoms with E-state index >= 15 is 0 Å². The van der Waals surface area contributed by atoms with Crippen molar-refractivity contribution in [3.8, 4) is 11.8 Å². The van der Waals surface area contributed by atoms with Crippen LogP contribution in [0.3, 0.4) is 0 Å². The van der Waals surface area contributed by atoms with Gasteiger partial charge in [0.05, 0.1) is 11.1 Å². The Hall–Kier alpha value is -1.86. The molecule has 0 unspecified atom stereocenters. The van der Waals surface area contributed by atoms with Gasteiger partial charge in [-0.2, -0.15) is 0 Å². The lowest BCUT2D eigenvalue weighted by atomic mass is 9.92. The van der Waals surface area contributed by atoms with Gasteiger partial charge in [-0.15, -0.1) is 0 Å². The first-order valence-corrected chi connectivity index (χ1v) is 6.91. The van der Waals surface area contributed by atoms with Gasteiger partial charge in [0.25, 0.3) is 5.91 Å². The van der Waals surface area contributed by atoms with Crippen LogP contribution in [0.25, 0.3) is 0 Å². The van der Waals surface area contributed by atoms with E-state index in [4.69, 9.17) is 5.11 Å². The molecule has 0 aromatic carbocycles. The number of hydrogen-bond acceptors (Lipinski definition) is 3. The molecule has 1 fully saturated rings. The largest absolute Gasteiger partial charge is 0.384 e. The minimum atomic E-state index is -0.230. The van der Waals surface area contributed by atoms with Crippen LogP contribution in [-0.2, 0) is 0 Å². The number of rotatable bonds is 4. The van der Waals surface area contributed by atoms with Crippen molar-refractivity contribution < 1.29 is 9.90 Å². The van der Waals surface area contributed by atoms with Gasteiger partial charge in [-0.05, 0) is 30.2 Å². The zero-order valence-corrected chi connectivity index (χ0v) is 11.9. The number of aliphatic hydroxyl groups is 1. The molecule has 0 atom stereocenters. The maximum Gasteiger partial charge on any atom is 0.252 e. The monoisotopic (exact) mass is 272 g/mol. The number of nitrogens with one attached hydrogen (secondary N) is 1. The van der Waals surface area contributed by atoms with Crippen molar-refractivity contribution >= 4 is 5.91 Å². The fourth-order valence-electron chi connectivity index (χ4n) is 2.30. The predicted octanol–water partition coefficient (Wildman–Crippen LogP) is 1.59. The Morgan fingerprint density at radius 3 is 2.90 bits per heavy atom. The Morgan fingerprint density at radius 2 is 2.30 bits per heavy atom. The zero-order valence-electron chi connectivity index (χ0n) is 11.9. The lowest BCUT2D eigenvalue weighted by Crippen LogP contribution is -2.33. The van der Waals surface area contributed by atoms with E-state index in [1.165, 1.54) is 12.8 Å². The van der Waals surface area contributed by atoms with Crippen molar-refractivity contribution in [1.82, 2.24) is 10.3 Å². The van der Waals surface area contributed by atoms with Crippen molar-refractivity contribution in [2.45, 2.75) is 26.7 Å². The highest BCUT2D eigenvalue weighted by Gasteiger charge is 2.45. The number of amides is 1. The van der Waals surface area contributed by atoms with E-state index in [0.29, 0.717) is 23.6 Å². The van der Waals surface area contributed by atoms with Crippen LogP contribution in [0.5, 0.6) is 0 Å². The summed E-state index contributed by atoms with van der Waals surface area (Å²) in [5.74, 6) is 5.76. The van der Waals surface area contributed by atoms with Crippen molar-refractivity contribution in [3.63, 3.8) is 0 Å². The summed E-state index contributed by atoms with van der Waals surface area (Å²) in [6.45, 7) is 4.87. The van der Waals surface area contributed by atoms with E-state index in [1.54, 1.807) is 18.5 Å². The summed E-state index contributed by atoms with van der Waals surface area (Å²) in [7, 11) is 0. The molecule has 0 radical (unpaired) electrons. The van der Waals surface area contributed by atoms with Crippen LogP contribution in [0, 0.1) is 23.2 Å². The quantitative estimate of drug-likeness (QED) is 0.818. The summed E-state index contributed by atoms with van der Waals surface area (Å²) in [6, 6.07) is 1.66. The van der Waals surface area contributed by atoms with E-state index in [-0.39, 0.29) is 17.9 Å². The first-order chi connectivity index (χ1) is 9.59. The second kappa shape index (κ2) is 6.06. The summed E-state index contributed by atoms with van der Waals surface area (Å²) in [4.78, 5) is 16.2. The Balaban J connectivity index is 2.06. The molecule has 0 saturated heterocycles. The third-order valence-corrected chi connectivity index (χ3v) is 4.09. The normalized spacial score (nSPS) is 15.4. The Kier molecular flexibility index (Phi) is 4.41. The fraction of sp³-hybridized carbons (Fsp3) is 0.500. The third-order valence-electron chi connectivity index (χ3n) is 4.09. The second-order valence-electron chi connectivity index (χ2n) is 5.58. The van der Waals surface area contributed by atoms with Gasteiger partial charge in [-0.3, -0.25) is 9.78 Å². The molecule has 1 aromatic rings. The van der Waals surface area contributed by atoms with Crippen LogP contribution in [0.15, 0.2) is 18.5 Å². The van der Waals surface area contributed by atoms with Gasteiger partial charge in [-0.25, -0.2) is 0 Å². The average molecular weight is 272 g/mol. The lowest BCUT2D eigenvalue weighted by Gasteiger charge is -2.20. The predicted molar refractivity (Wildman–Crippen MR) is 77.0 cm³/mol. The van der Waals surface area contributed by atoms with Crippen LogP contribution in [0.1, 0.15) is 42.6 Å². The van der Waals surface area contributed by atoms with Crippen LogP contribution in [0.2, 0.25) is 0 Å². The summed E-state index contributed by atoms with van der Waals surface area (Å²) >= 11 is 0. The van der Waals surface area contributed by atoms with E-state index in [1.807, 2.05) is 0 Å². The molecule has 0 spiro atoms. The lowest BCUT2D eigenvalue weighted by molar-refractivity contribution is 0.0939. The molecular formula is C16H20N2O2. The van der Waals surface area contributed by atoms with Gasteiger partial charge in [0.1, 0.15) is 6.61 Å². The highest BCUT2D eigenvalue weighted by Crippen LogP contribution is 2.51. The van der Waals surface area contributed by atoms with E-state index in [0.717, 1.165) is 0 Å². The summed E-state index contributed by atoms with van der Waals surface area (Å²) in [5, 5.41) is 11.7. The summed E-state index contributed by atoms with van der Waals surface area (Å²) < 4.78 is 0. The van der Waals surface area contributed by atoms with Gasteiger partial charge in [0.15, 0.2) is 0 Å². The van der Waals surface area contributed by atoms with Gasteiger partial charge in [0, 0.05) is 18.9 Å². The molecule has 1 aliphatic rings. The molecule has 4 heteroatoms. The highest BCUT2D eigenvalue weighted by atomic mass is 16.2. The first-order valence-electron chi connectivity index (χ1n) is 6.91. The van der Waals surface area contributed by atoms with E-state index < -0.39 is 0 Å². The fourth-order valence-corrected chi connectivity index (χ4v) is 2.30. The minimum Gasteiger partial charge on any atom is -0.384 e. The van der Waals surface area contributed by atoms with Gasteiger partial charge in [-0.1, -0.05) is 25.7 Å². The van der Waals surface area contributed by atoms with Crippen molar-refractivity contribution in [2.24, 2.45) is 11.3 Å². The zero-order chi connectivity index (χ0) is 14.6. The molecule has 0 aliphatic heterocycles. The Labute approximate surface area is 119 Å². The highest BCUT2D eigenvalue weighted by molar-refractivity contribution is 5.96. The smallest absolute Gasteiger partial charge is 0.252 e. The molecular weight excluding hydrogens is 252 g/mol.